The topological polar surface area (TPSA) is 94.6 Å². The molecule has 0 saturated heterocycles. The van der Waals surface area contributed by atoms with E-state index in [0.29, 0.717) is 18.7 Å². The van der Waals surface area contributed by atoms with Crippen molar-refractivity contribution in [1.29, 1.82) is 0 Å². The zero-order valence-corrected chi connectivity index (χ0v) is 14.1. The van der Waals surface area contributed by atoms with Crippen LogP contribution in [0.4, 0.5) is 0 Å². The summed E-state index contributed by atoms with van der Waals surface area (Å²) in [5, 5.41) is 19.6. The Balaban J connectivity index is 1.56. The van der Waals surface area contributed by atoms with Crippen molar-refractivity contribution in [1.82, 2.24) is 39.9 Å². The molecule has 0 unspecified atom stereocenters. The summed E-state index contributed by atoms with van der Waals surface area (Å²) in [4.78, 5) is 14.7. The van der Waals surface area contributed by atoms with Crippen LogP contribution in [-0.4, -0.2) is 52.3 Å². The van der Waals surface area contributed by atoms with E-state index in [1.54, 1.807) is 4.68 Å². The lowest BCUT2D eigenvalue weighted by Gasteiger charge is -2.28. The standard InChI is InChI=1S/C16H18N8O/c1-3-14-18-19-15-9-22(6-7-23(14)15)16(25)12-4-5-13(11(2)8-12)24-10-17-20-21-24/h4-5,8,10H,3,6-7,9H2,1-2H3. The van der Waals surface area contributed by atoms with E-state index in [1.807, 2.05) is 30.0 Å². The monoisotopic (exact) mass is 338 g/mol. The molecule has 0 saturated carbocycles. The van der Waals surface area contributed by atoms with E-state index in [-0.39, 0.29) is 5.91 Å². The number of amides is 1. The first-order valence-corrected chi connectivity index (χ1v) is 8.21. The summed E-state index contributed by atoms with van der Waals surface area (Å²) in [5.74, 6) is 1.82. The van der Waals surface area contributed by atoms with Gasteiger partial charge in [-0.3, -0.25) is 4.79 Å². The second kappa shape index (κ2) is 6.08. The zero-order chi connectivity index (χ0) is 17.4. The summed E-state index contributed by atoms with van der Waals surface area (Å²) in [6.07, 6.45) is 2.38. The van der Waals surface area contributed by atoms with E-state index in [0.717, 1.165) is 35.9 Å². The fraction of sp³-hybridized carbons (Fsp3) is 0.375. The molecule has 0 bridgehead atoms. The first-order valence-electron chi connectivity index (χ1n) is 8.21. The molecule has 0 N–H and O–H groups in total. The van der Waals surface area contributed by atoms with Gasteiger partial charge >= 0.3 is 0 Å². The van der Waals surface area contributed by atoms with Gasteiger partial charge in [0.05, 0.1) is 12.2 Å². The Hall–Kier alpha value is -3.10. The van der Waals surface area contributed by atoms with Gasteiger partial charge in [-0.25, -0.2) is 4.68 Å². The van der Waals surface area contributed by atoms with Gasteiger partial charge in [-0.05, 0) is 41.1 Å². The number of fused-ring (bicyclic) bond motifs is 1. The summed E-state index contributed by atoms with van der Waals surface area (Å²) in [6.45, 7) is 5.88. The van der Waals surface area contributed by atoms with Crippen molar-refractivity contribution in [2.75, 3.05) is 6.54 Å². The van der Waals surface area contributed by atoms with Crippen molar-refractivity contribution >= 4 is 5.91 Å². The fourth-order valence-electron chi connectivity index (χ4n) is 3.15. The summed E-state index contributed by atoms with van der Waals surface area (Å²) < 4.78 is 3.69. The molecule has 9 heteroatoms. The Bertz CT molecular complexity index is 914. The molecule has 2 aromatic heterocycles. The molecule has 0 spiro atoms. The van der Waals surface area contributed by atoms with Gasteiger partial charge in [-0.15, -0.1) is 15.3 Å². The number of hydrogen-bond donors (Lipinski definition) is 0. The van der Waals surface area contributed by atoms with Crippen molar-refractivity contribution in [2.24, 2.45) is 0 Å². The molecule has 1 amide bonds. The molecule has 0 radical (unpaired) electrons. The van der Waals surface area contributed by atoms with Crippen LogP contribution in [0, 0.1) is 6.92 Å². The quantitative estimate of drug-likeness (QED) is 0.700. The van der Waals surface area contributed by atoms with Crippen LogP contribution in [0.25, 0.3) is 5.69 Å². The molecule has 25 heavy (non-hydrogen) atoms. The first kappa shape index (κ1) is 15.4. The van der Waals surface area contributed by atoms with Gasteiger partial charge in [0.2, 0.25) is 0 Å². The largest absolute Gasteiger partial charge is 0.329 e. The highest BCUT2D eigenvalue weighted by Gasteiger charge is 2.25. The van der Waals surface area contributed by atoms with E-state index < -0.39 is 0 Å². The van der Waals surface area contributed by atoms with E-state index in [9.17, 15) is 4.79 Å². The lowest BCUT2D eigenvalue weighted by molar-refractivity contribution is 0.0706. The van der Waals surface area contributed by atoms with Crippen LogP contribution in [0.3, 0.4) is 0 Å². The normalized spacial score (nSPS) is 13.8. The Morgan fingerprint density at radius 2 is 2.12 bits per heavy atom. The minimum absolute atomic E-state index is 0.00124. The lowest BCUT2D eigenvalue weighted by atomic mass is 10.1. The van der Waals surface area contributed by atoms with Gasteiger partial charge in [0.25, 0.3) is 5.91 Å². The van der Waals surface area contributed by atoms with Gasteiger partial charge in [0.15, 0.2) is 5.82 Å². The Labute approximate surface area is 144 Å². The van der Waals surface area contributed by atoms with Gasteiger partial charge < -0.3 is 9.47 Å². The van der Waals surface area contributed by atoms with Gasteiger partial charge in [-0.2, -0.15) is 0 Å². The molecule has 9 nitrogen and oxygen atoms in total. The van der Waals surface area contributed by atoms with Crippen molar-refractivity contribution in [3.8, 4) is 5.69 Å². The van der Waals surface area contributed by atoms with Crippen molar-refractivity contribution in [3.63, 3.8) is 0 Å². The van der Waals surface area contributed by atoms with Crippen molar-refractivity contribution < 1.29 is 4.79 Å². The van der Waals surface area contributed by atoms with Gasteiger partial charge in [0.1, 0.15) is 12.2 Å². The molecule has 1 aromatic carbocycles. The second-order valence-electron chi connectivity index (χ2n) is 6.02. The number of benzene rings is 1. The Morgan fingerprint density at radius 1 is 1.24 bits per heavy atom. The molecule has 0 aliphatic carbocycles. The number of aromatic nitrogens is 7. The van der Waals surface area contributed by atoms with Gasteiger partial charge in [0, 0.05) is 25.1 Å². The number of nitrogens with zero attached hydrogens (tertiary/aromatic N) is 8. The minimum Gasteiger partial charge on any atom is -0.329 e. The molecule has 4 rings (SSSR count). The Kier molecular flexibility index (Phi) is 3.75. The third kappa shape index (κ3) is 2.67. The number of carbonyl (C=O) groups is 1. The highest BCUT2D eigenvalue weighted by Crippen LogP contribution is 2.19. The summed E-state index contributed by atoms with van der Waals surface area (Å²) in [6, 6.07) is 5.54. The average molecular weight is 338 g/mol. The van der Waals surface area contributed by atoms with E-state index >= 15 is 0 Å². The minimum atomic E-state index is -0.00124. The molecule has 1 aliphatic rings. The molecule has 3 aromatic rings. The van der Waals surface area contributed by atoms with Crippen molar-refractivity contribution in [3.05, 3.63) is 47.3 Å². The van der Waals surface area contributed by atoms with Crippen LogP contribution >= 0.6 is 0 Å². The predicted octanol–water partition coefficient (Wildman–Crippen LogP) is 0.781. The third-order valence-corrected chi connectivity index (χ3v) is 4.47. The molecular formula is C16H18N8O. The molecule has 128 valence electrons. The molecule has 0 atom stereocenters. The number of carbonyl (C=O) groups excluding carboxylic acids is 1. The van der Waals surface area contributed by atoms with E-state index in [2.05, 4.69) is 37.2 Å². The number of tetrazole rings is 1. The maximum atomic E-state index is 12.9. The van der Waals surface area contributed by atoms with E-state index in [1.165, 1.54) is 6.33 Å². The van der Waals surface area contributed by atoms with Crippen LogP contribution in [0.15, 0.2) is 24.5 Å². The fourth-order valence-corrected chi connectivity index (χ4v) is 3.15. The van der Waals surface area contributed by atoms with Crippen LogP contribution in [-0.2, 0) is 19.5 Å². The predicted molar refractivity (Wildman–Crippen MR) is 88.0 cm³/mol. The smallest absolute Gasteiger partial charge is 0.254 e. The molecule has 0 fully saturated rings. The number of aryl methyl sites for hydroxylation is 2. The van der Waals surface area contributed by atoms with Crippen LogP contribution < -0.4 is 0 Å². The van der Waals surface area contributed by atoms with Crippen LogP contribution in [0.5, 0.6) is 0 Å². The second-order valence-corrected chi connectivity index (χ2v) is 6.02. The highest BCUT2D eigenvalue weighted by molar-refractivity contribution is 5.94. The third-order valence-electron chi connectivity index (χ3n) is 4.47. The lowest BCUT2D eigenvalue weighted by Crippen LogP contribution is -2.38. The summed E-state index contributed by atoms with van der Waals surface area (Å²) in [7, 11) is 0. The average Bonchev–Trinajstić information content (AvgIpc) is 3.30. The summed E-state index contributed by atoms with van der Waals surface area (Å²) >= 11 is 0. The van der Waals surface area contributed by atoms with Crippen LogP contribution in [0.1, 0.15) is 34.5 Å². The van der Waals surface area contributed by atoms with Crippen molar-refractivity contribution in [2.45, 2.75) is 33.4 Å². The number of hydrogen-bond acceptors (Lipinski definition) is 6. The zero-order valence-electron chi connectivity index (χ0n) is 14.1. The highest BCUT2D eigenvalue weighted by atomic mass is 16.2. The first-order chi connectivity index (χ1) is 12.2. The summed E-state index contributed by atoms with van der Waals surface area (Å²) in [5.41, 5.74) is 2.44. The molecule has 1 aliphatic heterocycles. The SMILES string of the molecule is CCc1nnc2n1CCN(C(=O)c1ccc(-n3cnnn3)c(C)c1)C2. The number of rotatable bonds is 3. The van der Waals surface area contributed by atoms with E-state index in [4.69, 9.17) is 0 Å². The Morgan fingerprint density at radius 3 is 2.84 bits per heavy atom. The maximum Gasteiger partial charge on any atom is 0.254 e. The molecule has 3 heterocycles. The molecular weight excluding hydrogens is 320 g/mol. The maximum absolute atomic E-state index is 12.9. The van der Waals surface area contributed by atoms with Gasteiger partial charge in [-0.1, -0.05) is 6.92 Å². The van der Waals surface area contributed by atoms with Crippen LogP contribution in [0.2, 0.25) is 0 Å².